The third-order valence-corrected chi connectivity index (χ3v) is 5.60. The molecule has 1 aromatic carbocycles. The number of fused-ring (bicyclic) bond motifs is 1. The molecule has 5 rings (SSSR count). The van der Waals surface area contributed by atoms with Gasteiger partial charge in [-0.25, -0.2) is 9.97 Å². The number of likely N-dealkylation sites (tertiary alicyclic amines) is 1. The molecular formula is C22H22N8O2. The number of nitrogen functional groups attached to an aromatic ring is 1. The highest BCUT2D eigenvalue weighted by Crippen LogP contribution is 2.22. The Balaban J connectivity index is 1.27. The summed E-state index contributed by atoms with van der Waals surface area (Å²) in [6.45, 7) is 0.932. The van der Waals surface area contributed by atoms with Gasteiger partial charge in [0.2, 0.25) is 0 Å². The fourth-order valence-corrected chi connectivity index (χ4v) is 3.91. The number of imidazole rings is 1. The number of hydrogen-bond donors (Lipinski definition) is 3. The predicted octanol–water partition coefficient (Wildman–Crippen LogP) is 1.59. The molecule has 10 nitrogen and oxygen atoms in total. The van der Waals surface area contributed by atoms with E-state index in [4.69, 9.17) is 5.73 Å². The highest BCUT2D eigenvalue weighted by atomic mass is 16.2. The zero-order valence-electron chi connectivity index (χ0n) is 17.4. The van der Waals surface area contributed by atoms with Crippen LogP contribution in [0.2, 0.25) is 0 Å². The van der Waals surface area contributed by atoms with E-state index in [0.717, 1.165) is 22.2 Å². The first-order chi connectivity index (χ1) is 15.5. The number of nitrogens with zero attached hydrogens (tertiary/aromatic N) is 5. The van der Waals surface area contributed by atoms with Crippen molar-refractivity contribution in [2.45, 2.75) is 12.5 Å². The third kappa shape index (κ3) is 3.66. The van der Waals surface area contributed by atoms with Crippen LogP contribution in [0.25, 0.3) is 22.2 Å². The number of pyridine rings is 1. The van der Waals surface area contributed by atoms with Gasteiger partial charge in [-0.2, -0.15) is 5.10 Å². The molecule has 10 heteroatoms. The molecule has 1 aliphatic heterocycles. The molecule has 0 unspecified atom stereocenters. The van der Waals surface area contributed by atoms with Gasteiger partial charge < -0.3 is 20.9 Å². The first kappa shape index (κ1) is 19.7. The van der Waals surface area contributed by atoms with Crippen molar-refractivity contribution in [1.82, 2.24) is 34.9 Å². The lowest BCUT2D eigenvalue weighted by atomic mass is 10.1. The average molecular weight is 430 g/mol. The summed E-state index contributed by atoms with van der Waals surface area (Å²) in [6.07, 6.45) is 5.81. The van der Waals surface area contributed by atoms with E-state index in [0.29, 0.717) is 30.9 Å². The van der Waals surface area contributed by atoms with Crippen LogP contribution in [0.3, 0.4) is 0 Å². The Kier molecular flexibility index (Phi) is 4.81. The zero-order chi connectivity index (χ0) is 22.2. The number of para-hydroxylation sites is 2. The fourth-order valence-electron chi connectivity index (χ4n) is 3.91. The molecule has 4 aromatic rings. The first-order valence-electron chi connectivity index (χ1n) is 10.3. The summed E-state index contributed by atoms with van der Waals surface area (Å²) < 4.78 is 1.68. The number of H-pyrrole nitrogens is 1. The van der Waals surface area contributed by atoms with Crippen molar-refractivity contribution in [3.63, 3.8) is 0 Å². The van der Waals surface area contributed by atoms with Crippen molar-refractivity contribution >= 4 is 28.7 Å². The summed E-state index contributed by atoms with van der Waals surface area (Å²) in [4.78, 5) is 39.1. The lowest BCUT2D eigenvalue weighted by molar-refractivity contribution is 0.0773. The summed E-state index contributed by atoms with van der Waals surface area (Å²) in [5.41, 5.74) is 9.43. The van der Waals surface area contributed by atoms with Crippen molar-refractivity contribution in [3.05, 3.63) is 60.3 Å². The fraction of sp³-hybridized carbons (Fsp3) is 0.227. The molecule has 1 aliphatic rings. The van der Waals surface area contributed by atoms with Crippen LogP contribution in [0.15, 0.2) is 48.9 Å². The number of amides is 2. The summed E-state index contributed by atoms with van der Waals surface area (Å²) in [5, 5.41) is 7.13. The van der Waals surface area contributed by atoms with E-state index >= 15 is 0 Å². The van der Waals surface area contributed by atoms with E-state index in [1.54, 1.807) is 28.0 Å². The quantitative estimate of drug-likeness (QED) is 0.450. The maximum Gasteiger partial charge on any atom is 0.289 e. The standard InChI is InChI=1S/C22H22N8O2/c1-29-11-14(10-25-29)13-8-16(19(23)24-9-13)21(31)26-15-6-7-30(12-15)22(32)20-27-17-4-2-3-5-18(17)28-20/h2-5,8-11,15H,6-7,12H2,1H3,(H2,23,24)(H,26,31)(H,27,28)/t15-/m1/s1. The van der Waals surface area contributed by atoms with Gasteiger partial charge in [-0.3, -0.25) is 14.3 Å². The molecule has 4 heterocycles. The van der Waals surface area contributed by atoms with Gasteiger partial charge >= 0.3 is 0 Å². The summed E-state index contributed by atoms with van der Waals surface area (Å²) >= 11 is 0. The maximum absolute atomic E-state index is 12.9. The molecular weight excluding hydrogens is 408 g/mol. The number of aromatic nitrogens is 5. The van der Waals surface area contributed by atoms with Gasteiger partial charge in [-0.05, 0) is 24.6 Å². The third-order valence-electron chi connectivity index (χ3n) is 5.60. The van der Waals surface area contributed by atoms with Crippen LogP contribution in [0, 0.1) is 0 Å². The Morgan fingerprint density at radius 2 is 2.06 bits per heavy atom. The van der Waals surface area contributed by atoms with Crippen molar-refractivity contribution < 1.29 is 9.59 Å². The van der Waals surface area contributed by atoms with Gasteiger partial charge in [-0.15, -0.1) is 0 Å². The minimum absolute atomic E-state index is 0.156. The second-order valence-electron chi connectivity index (χ2n) is 7.87. The predicted molar refractivity (Wildman–Crippen MR) is 119 cm³/mol. The largest absolute Gasteiger partial charge is 0.383 e. The molecule has 0 radical (unpaired) electrons. The van der Waals surface area contributed by atoms with Crippen molar-refractivity contribution in [3.8, 4) is 11.1 Å². The lowest BCUT2D eigenvalue weighted by Gasteiger charge is -2.16. The molecule has 2 amide bonds. The molecule has 1 saturated heterocycles. The monoisotopic (exact) mass is 430 g/mol. The number of aromatic amines is 1. The van der Waals surface area contributed by atoms with Crippen LogP contribution in [-0.2, 0) is 7.05 Å². The van der Waals surface area contributed by atoms with Crippen LogP contribution in [0.5, 0.6) is 0 Å². The molecule has 0 spiro atoms. The number of hydrogen-bond acceptors (Lipinski definition) is 6. The van der Waals surface area contributed by atoms with E-state index in [-0.39, 0.29) is 23.7 Å². The number of carbonyl (C=O) groups is 2. The summed E-state index contributed by atoms with van der Waals surface area (Å²) in [7, 11) is 1.82. The molecule has 3 aromatic heterocycles. The highest BCUT2D eigenvalue weighted by Gasteiger charge is 2.30. The maximum atomic E-state index is 12.9. The second kappa shape index (κ2) is 7.80. The Bertz CT molecular complexity index is 1290. The van der Waals surface area contributed by atoms with Crippen LogP contribution >= 0.6 is 0 Å². The van der Waals surface area contributed by atoms with Gasteiger partial charge in [0.15, 0.2) is 5.82 Å². The minimum atomic E-state index is -0.316. The highest BCUT2D eigenvalue weighted by molar-refractivity contribution is 6.00. The summed E-state index contributed by atoms with van der Waals surface area (Å²) in [5.74, 6) is -0.0411. The number of nitrogens with one attached hydrogen (secondary N) is 2. The van der Waals surface area contributed by atoms with Crippen LogP contribution < -0.4 is 11.1 Å². The average Bonchev–Trinajstić information content (AvgIpc) is 3.53. The smallest absolute Gasteiger partial charge is 0.289 e. The van der Waals surface area contributed by atoms with Crippen molar-refractivity contribution in [2.75, 3.05) is 18.8 Å². The van der Waals surface area contributed by atoms with Gasteiger partial charge in [0.05, 0.1) is 22.8 Å². The molecule has 0 aliphatic carbocycles. The Hall–Kier alpha value is -4.21. The van der Waals surface area contributed by atoms with Gasteiger partial charge in [0.25, 0.3) is 11.8 Å². The molecule has 0 bridgehead atoms. The van der Waals surface area contributed by atoms with E-state index in [9.17, 15) is 9.59 Å². The van der Waals surface area contributed by atoms with Gasteiger partial charge in [-0.1, -0.05) is 12.1 Å². The van der Waals surface area contributed by atoms with Crippen molar-refractivity contribution in [2.24, 2.45) is 7.05 Å². The minimum Gasteiger partial charge on any atom is -0.383 e. The topological polar surface area (TPSA) is 135 Å². The number of benzene rings is 1. The molecule has 4 N–H and O–H groups in total. The van der Waals surface area contributed by atoms with E-state index in [2.05, 4.69) is 25.4 Å². The Morgan fingerprint density at radius 3 is 2.84 bits per heavy atom. The number of aryl methyl sites for hydroxylation is 1. The van der Waals surface area contributed by atoms with Crippen molar-refractivity contribution in [1.29, 1.82) is 0 Å². The van der Waals surface area contributed by atoms with Gasteiger partial charge in [0, 0.05) is 49.7 Å². The zero-order valence-corrected chi connectivity index (χ0v) is 17.4. The van der Waals surface area contributed by atoms with Crippen LogP contribution in [-0.4, -0.2) is 60.6 Å². The second-order valence-corrected chi connectivity index (χ2v) is 7.87. The van der Waals surface area contributed by atoms with E-state index < -0.39 is 0 Å². The SMILES string of the molecule is Cn1cc(-c2cnc(N)c(C(=O)N[C@@H]3CCN(C(=O)c4nc5ccccc5[nH]4)C3)c2)cn1. The molecule has 162 valence electrons. The van der Waals surface area contributed by atoms with E-state index in [1.807, 2.05) is 37.5 Å². The van der Waals surface area contributed by atoms with Crippen LogP contribution in [0.1, 0.15) is 27.4 Å². The lowest BCUT2D eigenvalue weighted by Crippen LogP contribution is -2.39. The Morgan fingerprint density at radius 1 is 1.22 bits per heavy atom. The molecule has 1 fully saturated rings. The molecule has 0 saturated carbocycles. The first-order valence-corrected chi connectivity index (χ1v) is 10.3. The van der Waals surface area contributed by atoms with E-state index in [1.165, 1.54) is 0 Å². The molecule has 1 atom stereocenters. The molecule has 32 heavy (non-hydrogen) atoms. The number of nitrogens with two attached hydrogens (primary N) is 1. The number of anilines is 1. The number of rotatable bonds is 4. The number of carbonyl (C=O) groups excluding carboxylic acids is 2. The normalized spacial score (nSPS) is 15.9. The van der Waals surface area contributed by atoms with Crippen LogP contribution in [0.4, 0.5) is 5.82 Å². The van der Waals surface area contributed by atoms with Gasteiger partial charge in [0.1, 0.15) is 5.82 Å². The summed E-state index contributed by atoms with van der Waals surface area (Å²) in [6, 6.07) is 9.03. The Labute approximate surface area is 183 Å².